The van der Waals surface area contributed by atoms with Crippen molar-refractivity contribution in [2.45, 2.75) is 11.3 Å². The lowest BCUT2D eigenvalue weighted by Gasteiger charge is -2.14. The maximum atomic E-state index is 14.1. The van der Waals surface area contributed by atoms with Gasteiger partial charge < -0.3 is 9.47 Å². The minimum Gasteiger partial charge on any atom is -0.497 e. The number of hydrogen-bond donors (Lipinski definition) is 1. The Morgan fingerprint density at radius 1 is 0.960 bits per heavy atom. The van der Waals surface area contributed by atoms with Gasteiger partial charge >= 0.3 is 0 Å². The Morgan fingerprint density at radius 2 is 1.56 bits per heavy atom. The molecule has 0 amide bonds. The highest BCUT2D eigenvalue weighted by molar-refractivity contribution is 7.89. The summed E-state index contributed by atoms with van der Waals surface area (Å²) in [5.41, 5.74) is -0.764. The number of halogens is 4. The van der Waals surface area contributed by atoms with Crippen LogP contribution in [0.3, 0.4) is 0 Å². The van der Waals surface area contributed by atoms with Gasteiger partial charge in [-0.05, 0) is 11.6 Å². The van der Waals surface area contributed by atoms with Crippen molar-refractivity contribution in [3.05, 3.63) is 52.6 Å². The predicted octanol–water partition coefficient (Wildman–Crippen LogP) is 2.50. The standard InChI is InChI=1S/C15H13F4NO4S/c1-23-8-4-3-7(10(6-8)24-2)5-9-11(16)12(17)13(18)14(19)15(9)25(20,21)22/h3-4,6H,5H2,1-2H3,(H2,20,21,22). The third kappa shape index (κ3) is 3.54. The van der Waals surface area contributed by atoms with Gasteiger partial charge in [0.2, 0.25) is 10.0 Å². The van der Waals surface area contributed by atoms with Crippen molar-refractivity contribution in [2.75, 3.05) is 14.2 Å². The molecule has 0 aliphatic heterocycles. The second kappa shape index (κ2) is 6.89. The molecule has 0 atom stereocenters. The Morgan fingerprint density at radius 3 is 2.08 bits per heavy atom. The summed E-state index contributed by atoms with van der Waals surface area (Å²) in [7, 11) is -2.20. The Labute approximate surface area is 141 Å². The van der Waals surface area contributed by atoms with E-state index in [0.717, 1.165) is 0 Å². The van der Waals surface area contributed by atoms with Crippen LogP contribution < -0.4 is 14.6 Å². The summed E-state index contributed by atoms with van der Waals surface area (Å²) in [6.07, 6.45) is -0.612. The number of rotatable bonds is 5. The summed E-state index contributed by atoms with van der Waals surface area (Å²) in [6, 6.07) is 4.23. The zero-order chi connectivity index (χ0) is 18.9. The number of benzene rings is 2. The van der Waals surface area contributed by atoms with E-state index < -0.39 is 50.2 Å². The van der Waals surface area contributed by atoms with E-state index in [9.17, 15) is 26.0 Å². The number of hydrogen-bond acceptors (Lipinski definition) is 4. The third-order valence-corrected chi connectivity index (χ3v) is 4.46. The van der Waals surface area contributed by atoms with E-state index >= 15 is 0 Å². The topological polar surface area (TPSA) is 78.6 Å². The van der Waals surface area contributed by atoms with E-state index in [1.807, 2.05) is 0 Å². The quantitative estimate of drug-likeness (QED) is 0.492. The molecule has 0 saturated heterocycles. The molecule has 2 N–H and O–H groups in total. The van der Waals surface area contributed by atoms with Crippen molar-refractivity contribution in [1.29, 1.82) is 0 Å². The molecule has 0 bridgehead atoms. The van der Waals surface area contributed by atoms with E-state index in [-0.39, 0.29) is 11.3 Å². The minimum absolute atomic E-state index is 0.143. The van der Waals surface area contributed by atoms with Gasteiger partial charge in [-0.1, -0.05) is 6.07 Å². The van der Waals surface area contributed by atoms with Gasteiger partial charge in [0.05, 0.1) is 14.2 Å². The van der Waals surface area contributed by atoms with E-state index in [1.165, 1.54) is 32.4 Å². The zero-order valence-corrected chi connectivity index (χ0v) is 13.9. The average molecular weight is 379 g/mol. The predicted molar refractivity (Wildman–Crippen MR) is 80.0 cm³/mol. The highest BCUT2D eigenvalue weighted by Crippen LogP contribution is 2.32. The minimum atomic E-state index is -4.87. The van der Waals surface area contributed by atoms with Crippen molar-refractivity contribution in [2.24, 2.45) is 5.14 Å². The molecule has 0 aliphatic rings. The molecule has 0 unspecified atom stereocenters. The summed E-state index contributed by atoms with van der Waals surface area (Å²) in [6.45, 7) is 0. The van der Waals surface area contributed by atoms with Crippen LogP contribution >= 0.6 is 0 Å². The van der Waals surface area contributed by atoms with Crippen LogP contribution in [0, 0.1) is 23.3 Å². The van der Waals surface area contributed by atoms with E-state index in [4.69, 9.17) is 14.6 Å². The summed E-state index contributed by atoms with van der Waals surface area (Å²) in [5.74, 6) is -7.79. The van der Waals surface area contributed by atoms with Crippen LogP contribution in [-0.2, 0) is 16.4 Å². The van der Waals surface area contributed by atoms with Crippen LogP contribution in [-0.4, -0.2) is 22.6 Å². The lowest BCUT2D eigenvalue weighted by Crippen LogP contribution is -2.20. The Kier molecular flexibility index (Phi) is 5.23. The van der Waals surface area contributed by atoms with Gasteiger partial charge in [0, 0.05) is 18.1 Å². The highest BCUT2D eigenvalue weighted by atomic mass is 32.2. The molecule has 0 spiro atoms. The Bertz CT molecular complexity index is 932. The second-order valence-corrected chi connectivity index (χ2v) is 6.46. The fourth-order valence-corrected chi connectivity index (χ4v) is 3.14. The lowest BCUT2D eigenvalue weighted by atomic mass is 10.0. The molecule has 0 aromatic heterocycles. The molecule has 0 aliphatic carbocycles. The fourth-order valence-electron chi connectivity index (χ4n) is 2.30. The van der Waals surface area contributed by atoms with Gasteiger partial charge in [-0.3, -0.25) is 0 Å². The van der Waals surface area contributed by atoms with Crippen LogP contribution in [0.1, 0.15) is 11.1 Å². The average Bonchev–Trinajstić information content (AvgIpc) is 2.56. The summed E-state index contributed by atoms with van der Waals surface area (Å²) in [5, 5.41) is 4.84. The van der Waals surface area contributed by atoms with Crippen LogP contribution in [0.15, 0.2) is 23.1 Å². The van der Waals surface area contributed by atoms with Crippen molar-refractivity contribution in [3.8, 4) is 11.5 Å². The number of sulfonamides is 1. The molecule has 5 nitrogen and oxygen atoms in total. The first-order chi connectivity index (χ1) is 11.6. The van der Waals surface area contributed by atoms with Crippen molar-refractivity contribution < 1.29 is 35.5 Å². The third-order valence-electron chi connectivity index (χ3n) is 3.46. The summed E-state index contributed by atoms with van der Waals surface area (Å²) in [4.78, 5) is -1.44. The number of primary sulfonamides is 1. The first kappa shape index (κ1) is 19.0. The van der Waals surface area contributed by atoms with E-state index in [2.05, 4.69) is 0 Å². The van der Waals surface area contributed by atoms with Gasteiger partial charge in [-0.25, -0.2) is 31.1 Å². The largest absolute Gasteiger partial charge is 0.497 e. The maximum absolute atomic E-state index is 14.1. The molecule has 2 rings (SSSR count). The van der Waals surface area contributed by atoms with Gasteiger partial charge in [0.25, 0.3) is 0 Å². The van der Waals surface area contributed by atoms with Crippen molar-refractivity contribution in [3.63, 3.8) is 0 Å². The van der Waals surface area contributed by atoms with Gasteiger partial charge in [0.1, 0.15) is 16.4 Å². The van der Waals surface area contributed by atoms with Gasteiger partial charge in [0.15, 0.2) is 23.3 Å². The smallest absolute Gasteiger partial charge is 0.241 e. The monoisotopic (exact) mass is 379 g/mol. The SMILES string of the molecule is COc1ccc(Cc2c(F)c(F)c(F)c(F)c2S(N)(=O)=O)c(OC)c1. The number of nitrogens with two attached hydrogens (primary N) is 1. The molecule has 2 aromatic carbocycles. The summed E-state index contributed by atoms with van der Waals surface area (Å²) < 4.78 is 88.2. The highest BCUT2D eigenvalue weighted by Gasteiger charge is 2.31. The first-order valence-corrected chi connectivity index (χ1v) is 8.25. The summed E-state index contributed by atoms with van der Waals surface area (Å²) >= 11 is 0. The Balaban J connectivity index is 2.72. The van der Waals surface area contributed by atoms with Crippen LogP contribution in [0.5, 0.6) is 11.5 Å². The molecular formula is C15H13F4NO4S. The number of methoxy groups -OCH3 is 2. The van der Waals surface area contributed by atoms with E-state index in [1.54, 1.807) is 0 Å². The molecule has 0 heterocycles. The molecular weight excluding hydrogens is 366 g/mol. The Hall–Kier alpha value is -2.33. The molecule has 25 heavy (non-hydrogen) atoms. The molecule has 136 valence electrons. The molecule has 10 heteroatoms. The fraction of sp³-hybridized carbons (Fsp3) is 0.200. The van der Waals surface area contributed by atoms with Crippen LogP contribution in [0.25, 0.3) is 0 Å². The second-order valence-electron chi connectivity index (χ2n) is 4.96. The van der Waals surface area contributed by atoms with Crippen LogP contribution in [0.2, 0.25) is 0 Å². The zero-order valence-electron chi connectivity index (χ0n) is 13.1. The lowest BCUT2D eigenvalue weighted by molar-refractivity contribution is 0.385. The van der Waals surface area contributed by atoms with Crippen molar-refractivity contribution >= 4 is 10.0 Å². The maximum Gasteiger partial charge on any atom is 0.241 e. The van der Waals surface area contributed by atoms with Gasteiger partial charge in [-0.2, -0.15) is 0 Å². The molecule has 0 fully saturated rings. The van der Waals surface area contributed by atoms with Crippen LogP contribution in [0.4, 0.5) is 17.6 Å². The first-order valence-electron chi connectivity index (χ1n) is 6.70. The molecule has 2 aromatic rings. The van der Waals surface area contributed by atoms with Crippen molar-refractivity contribution in [1.82, 2.24) is 0 Å². The normalized spacial score (nSPS) is 11.5. The number of ether oxygens (including phenoxy) is 2. The molecule has 0 saturated carbocycles. The molecule has 0 radical (unpaired) electrons. The van der Waals surface area contributed by atoms with Gasteiger partial charge in [-0.15, -0.1) is 0 Å². The van der Waals surface area contributed by atoms with E-state index in [0.29, 0.717) is 5.75 Å².